The molecule has 3 rings (SSSR count). The number of hydrogen-bond donors (Lipinski definition) is 3. The highest BCUT2D eigenvalue weighted by atomic mass is 19.4. The fraction of sp³-hybridized carbons (Fsp3) is 0.375. The number of nitrogens with zero attached hydrogens (tertiary/aromatic N) is 3. The van der Waals surface area contributed by atoms with Gasteiger partial charge < -0.3 is 20.3 Å². The minimum Gasteiger partial charge on any atom is -0.394 e. The number of ether oxygens (including phenoxy) is 1. The Bertz CT molecular complexity index is 916. The first kappa shape index (κ1) is 19.9. The van der Waals surface area contributed by atoms with E-state index in [2.05, 4.69) is 15.3 Å². The number of rotatable bonds is 4. The van der Waals surface area contributed by atoms with Crippen LogP contribution in [-0.4, -0.2) is 49.5 Å². The number of carbonyl (C=O) groups excluding carboxylic acids is 1. The summed E-state index contributed by atoms with van der Waals surface area (Å²) in [6.45, 7) is -0.408. The van der Waals surface area contributed by atoms with Gasteiger partial charge in [-0.25, -0.2) is 4.79 Å². The third kappa shape index (κ3) is 4.18. The lowest BCUT2D eigenvalue weighted by molar-refractivity contribution is -0.141. The van der Waals surface area contributed by atoms with Crippen LogP contribution in [0.5, 0.6) is 0 Å². The first-order valence-corrected chi connectivity index (χ1v) is 8.07. The first-order valence-electron chi connectivity index (χ1n) is 8.07. The van der Waals surface area contributed by atoms with Crippen LogP contribution in [0.4, 0.5) is 19.0 Å². The Morgan fingerprint density at radius 2 is 2.11 bits per heavy atom. The summed E-state index contributed by atoms with van der Waals surface area (Å²) in [5.41, 5.74) is -2.06. The van der Waals surface area contributed by atoms with Crippen LogP contribution in [-0.2, 0) is 10.9 Å². The summed E-state index contributed by atoms with van der Waals surface area (Å²) in [6, 6.07) is 2.91. The summed E-state index contributed by atoms with van der Waals surface area (Å²) in [5.74, 6) is -0.915. The van der Waals surface area contributed by atoms with Crippen molar-refractivity contribution in [2.45, 2.75) is 31.0 Å². The molecule has 0 bridgehead atoms. The quantitative estimate of drug-likeness (QED) is 0.684. The number of carbonyl (C=O) groups is 1. The number of amides is 1. The molecule has 1 aliphatic heterocycles. The molecule has 1 fully saturated rings. The standard InChI is InChI=1S/C16H15F3N4O5/c17-16(18,19)11-2-1-8(6-20-11)14(26)21-12-3-4-23(15(27)22-12)13-5-9(25)10(7-24)28-13/h1-4,6,9-10,13,24-25H,5,7H2,(H,21,22,26,27)/t9-,10?,13+/m0/s1. The Balaban J connectivity index is 1.71. The van der Waals surface area contributed by atoms with Crippen LogP contribution in [0, 0.1) is 0 Å². The van der Waals surface area contributed by atoms with Crippen molar-refractivity contribution in [2.24, 2.45) is 0 Å². The summed E-state index contributed by atoms with van der Waals surface area (Å²) in [4.78, 5) is 31.1. The third-order valence-corrected chi connectivity index (χ3v) is 4.08. The van der Waals surface area contributed by atoms with Crippen LogP contribution in [0.15, 0.2) is 35.4 Å². The van der Waals surface area contributed by atoms with Crippen LogP contribution in [0.3, 0.4) is 0 Å². The Morgan fingerprint density at radius 1 is 1.36 bits per heavy atom. The average molecular weight is 400 g/mol. The average Bonchev–Trinajstić information content (AvgIpc) is 3.01. The molecule has 0 spiro atoms. The minimum absolute atomic E-state index is 0.0791. The van der Waals surface area contributed by atoms with Crippen molar-refractivity contribution in [3.63, 3.8) is 0 Å². The zero-order valence-corrected chi connectivity index (χ0v) is 14.1. The Hall–Kier alpha value is -2.83. The fourth-order valence-corrected chi connectivity index (χ4v) is 2.64. The maximum absolute atomic E-state index is 12.5. The van der Waals surface area contributed by atoms with Gasteiger partial charge in [-0.2, -0.15) is 18.2 Å². The monoisotopic (exact) mass is 400 g/mol. The lowest BCUT2D eigenvalue weighted by atomic mass is 10.2. The molecule has 3 N–H and O–H groups in total. The van der Waals surface area contributed by atoms with Gasteiger partial charge in [0.1, 0.15) is 23.8 Å². The van der Waals surface area contributed by atoms with Crippen LogP contribution in [0.25, 0.3) is 0 Å². The van der Waals surface area contributed by atoms with E-state index in [1.54, 1.807) is 0 Å². The van der Waals surface area contributed by atoms with E-state index in [4.69, 9.17) is 9.84 Å². The number of pyridine rings is 1. The van der Waals surface area contributed by atoms with E-state index in [0.717, 1.165) is 16.8 Å². The predicted molar refractivity (Wildman–Crippen MR) is 87.3 cm³/mol. The van der Waals surface area contributed by atoms with Crippen molar-refractivity contribution < 1.29 is 32.9 Å². The van der Waals surface area contributed by atoms with E-state index in [0.29, 0.717) is 6.07 Å². The predicted octanol–water partition coefficient (Wildman–Crippen LogP) is 0.550. The maximum Gasteiger partial charge on any atom is 0.433 e. The second-order valence-electron chi connectivity index (χ2n) is 6.00. The number of aliphatic hydroxyl groups excluding tert-OH is 2. The van der Waals surface area contributed by atoms with Crippen LogP contribution >= 0.6 is 0 Å². The topological polar surface area (TPSA) is 127 Å². The van der Waals surface area contributed by atoms with Gasteiger partial charge in [-0.1, -0.05) is 0 Å². The molecule has 12 heteroatoms. The lowest BCUT2D eigenvalue weighted by Crippen LogP contribution is -2.28. The van der Waals surface area contributed by atoms with Gasteiger partial charge >= 0.3 is 11.9 Å². The van der Waals surface area contributed by atoms with Gasteiger partial charge in [0.2, 0.25) is 0 Å². The zero-order chi connectivity index (χ0) is 20.5. The second-order valence-corrected chi connectivity index (χ2v) is 6.00. The van der Waals surface area contributed by atoms with Gasteiger partial charge in [-0.3, -0.25) is 14.3 Å². The molecule has 9 nitrogen and oxygen atoms in total. The molecule has 2 aromatic heterocycles. The molecule has 0 aromatic carbocycles. The van der Waals surface area contributed by atoms with E-state index in [1.165, 1.54) is 12.3 Å². The Labute approximate surface area is 155 Å². The highest BCUT2D eigenvalue weighted by Gasteiger charge is 2.35. The zero-order valence-electron chi connectivity index (χ0n) is 14.1. The van der Waals surface area contributed by atoms with E-state index in [-0.39, 0.29) is 17.8 Å². The highest BCUT2D eigenvalue weighted by Crippen LogP contribution is 2.28. The third-order valence-electron chi connectivity index (χ3n) is 4.08. The van der Waals surface area contributed by atoms with Crippen LogP contribution in [0.1, 0.15) is 28.7 Å². The van der Waals surface area contributed by atoms with Crippen molar-refractivity contribution in [3.8, 4) is 0 Å². The molecule has 1 unspecified atom stereocenters. The molecule has 1 aliphatic rings. The smallest absolute Gasteiger partial charge is 0.394 e. The molecule has 3 heterocycles. The van der Waals surface area contributed by atoms with Crippen LogP contribution < -0.4 is 11.0 Å². The number of aromatic nitrogens is 3. The van der Waals surface area contributed by atoms with Gasteiger partial charge in [0.05, 0.1) is 18.3 Å². The molecular weight excluding hydrogens is 385 g/mol. The molecule has 28 heavy (non-hydrogen) atoms. The molecular formula is C16H15F3N4O5. The number of anilines is 1. The molecule has 0 radical (unpaired) electrons. The number of alkyl halides is 3. The highest BCUT2D eigenvalue weighted by molar-refractivity contribution is 6.03. The number of aliphatic hydroxyl groups is 2. The Kier molecular flexibility index (Phi) is 5.45. The summed E-state index contributed by atoms with van der Waals surface area (Å²) in [6.07, 6.45) is -5.07. The molecule has 1 saturated heterocycles. The van der Waals surface area contributed by atoms with Gasteiger partial charge in [-0.05, 0) is 18.2 Å². The number of hydrogen-bond acceptors (Lipinski definition) is 7. The lowest BCUT2D eigenvalue weighted by Gasteiger charge is -2.14. The van der Waals surface area contributed by atoms with Crippen molar-refractivity contribution >= 4 is 11.7 Å². The van der Waals surface area contributed by atoms with Gasteiger partial charge in [-0.15, -0.1) is 0 Å². The minimum atomic E-state index is -4.62. The summed E-state index contributed by atoms with van der Waals surface area (Å²) in [5, 5.41) is 21.1. The SMILES string of the molecule is O=C(Nc1ccn([C@H]2C[C@H](O)C(CO)O2)c(=O)n1)c1ccc(C(F)(F)F)nc1. The van der Waals surface area contributed by atoms with Crippen molar-refractivity contribution in [2.75, 3.05) is 11.9 Å². The largest absolute Gasteiger partial charge is 0.433 e. The summed E-state index contributed by atoms with van der Waals surface area (Å²) in [7, 11) is 0. The maximum atomic E-state index is 12.5. The number of halogens is 3. The van der Waals surface area contributed by atoms with Crippen LogP contribution in [0.2, 0.25) is 0 Å². The van der Waals surface area contributed by atoms with E-state index in [9.17, 15) is 27.9 Å². The number of nitrogens with one attached hydrogen (secondary N) is 1. The molecule has 1 amide bonds. The summed E-state index contributed by atoms with van der Waals surface area (Å²) >= 11 is 0. The molecule has 0 aliphatic carbocycles. The molecule has 0 saturated carbocycles. The normalized spacial score (nSPS) is 22.2. The Morgan fingerprint density at radius 3 is 2.64 bits per heavy atom. The first-order chi connectivity index (χ1) is 13.2. The van der Waals surface area contributed by atoms with Crippen molar-refractivity contribution in [1.29, 1.82) is 0 Å². The second kappa shape index (κ2) is 7.66. The molecule has 2 aromatic rings. The van der Waals surface area contributed by atoms with Gasteiger partial charge in [0, 0.05) is 18.8 Å². The summed E-state index contributed by atoms with van der Waals surface area (Å²) < 4.78 is 43.9. The van der Waals surface area contributed by atoms with Crippen molar-refractivity contribution in [3.05, 3.63) is 52.3 Å². The van der Waals surface area contributed by atoms with E-state index < -0.39 is 48.5 Å². The van der Waals surface area contributed by atoms with Crippen molar-refractivity contribution in [1.82, 2.24) is 14.5 Å². The fourth-order valence-electron chi connectivity index (χ4n) is 2.64. The van der Waals surface area contributed by atoms with Gasteiger partial charge in [0.25, 0.3) is 5.91 Å². The van der Waals surface area contributed by atoms with E-state index >= 15 is 0 Å². The molecule has 3 atom stereocenters. The van der Waals surface area contributed by atoms with E-state index in [1.807, 2.05) is 0 Å². The molecule has 150 valence electrons. The van der Waals surface area contributed by atoms with Gasteiger partial charge in [0.15, 0.2) is 0 Å².